The molecule has 3 nitrogen and oxygen atoms in total. The third-order valence-electron chi connectivity index (χ3n) is 4.07. The van der Waals surface area contributed by atoms with Gasteiger partial charge in [0.1, 0.15) is 0 Å². The van der Waals surface area contributed by atoms with Gasteiger partial charge in [-0.1, -0.05) is 20.3 Å². The van der Waals surface area contributed by atoms with E-state index in [-0.39, 0.29) is 11.8 Å². The predicted molar refractivity (Wildman–Crippen MR) is 62.9 cm³/mol. The largest absolute Gasteiger partial charge is 0.388 e. The fraction of sp³-hybridized carbons (Fsp3) is 0.923. The van der Waals surface area contributed by atoms with Crippen LogP contribution in [0.2, 0.25) is 0 Å². The molecule has 1 aliphatic carbocycles. The topological polar surface area (TPSA) is 40.5 Å². The SMILES string of the molecule is CCCC(C)C(=O)N1CCC(O)(C2CC2)C1. The molecule has 2 aliphatic rings. The number of likely N-dealkylation sites (tertiary alicyclic amines) is 1. The van der Waals surface area contributed by atoms with E-state index in [0.29, 0.717) is 12.5 Å². The van der Waals surface area contributed by atoms with Crippen LogP contribution in [-0.4, -0.2) is 34.6 Å². The van der Waals surface area contributed by atoms with Crippen molar-refractivity contribution in [2.45, 2.75) is 51.6 Å². The highest BCUT2D eigenvalue weighted by atomic mass is 16.3. The van der Waals surface area contributed by atoms with E-state index in [1.165, 1.54) is 0 Å². The lowest BCUT2D eigenvalue weighted by atomic mass is 9.97. The molecule has 1 saturated carbocycles. The van der Waals surface area contributed by atoms with Crippen LogP contribution in [0.3, 0.4) is 0 Å². The Morgan fingerprint density at radius 3 is 2.81 bits per heavy atom. The van der Waals surface area contributed by atoms with Gasteiger partial charge in [0, 0.05) is 19.0 Å². The molecule has 0 aromatic carbocycles. The third-order valence-corrected chi connectivity index (χ3v) is 4.07. The molecule has 1 saturated heterocycles. The van der Waals surface area contributed by atoms with Gasteiger partial charge in [0.05, 0.1) is 5.60 Å². The van der Waals surface area contributed by atoms with Gasteiger partial charge in [0.2, 0.25) is 5.91 Å². The first-order chi connectivity index (χ1) is 7.57. The van der Waals surface area contributed by atoms with Gasteiger partial charge in [0.15, 0.2) is 0 Å². The van der Waals surface area contributed by atoms with E-state index >= 15 is 0 Å². The van der Waals surface area contributed by atoms with Crippen molar-refractivity contribution in [2.24, 2.45) is 11.8 Å². The summed E-state index contributed by atoms with van der Waals surface area (Å²) in [6.45, 7) is 5.43. The highest BCUT2D eigenvalue weighted by Crippen LogP contribution is 2.44. The lowest BCUT2D eigenvalue weighted by Crippen LogP contribution is -2.39. The molecule has 2 unspecified atom stereocenters. The summed E-state index contributed by atoms with van der Waals surface area (Å²) in [7, 11) is 0. The Labute approximate surface area is 97.8 Å². The molecule has 1 aliphatic heterocycles. The highest BCUT2D eigenvalue weighted by molar-refractivity contribution is 5.78. The number of hydrogen-bond acceptors (Lipinski definition) is 2. The van der Waals surface area contributed by atoms with E-state index < -0.39 is 5.60 Å². The van der Waals surface area contributed by atoms with E-state index in [2.05, 4.69) is 6.92 Å². The summed E-state index contributed by atoms with van der Waals surface area (Å²) in [5.74, 6) is 0.816. The molecule has 2 atom stereocenters. The Morgan fingerprint density at radius 1 is 1.56 bits per heavy atom. The van der Waals surface area contributed by atoms with Crippen LogP contribution in [0.1, 0.15) is 46.0 Å². The van der Waals surface area contributed by atoms with Crippen LogP contribution in [0.4, 0.5) is 0 Å². The Kier molecular flexibility index (Phi) is 3.24. The first-order valence-electron chi connectivity index (χ1n) is 6.58. The molecular weight excluding hydrogens is 202 g/mol. The predicted octanol–water partition coefficient (Wildman–Crippen LogP) is 1.80. The first kappa shape index (κ1) is 11.9. The van der Waals surface area contributed by atoms with Crippen LogP contribution in [0.25, 0.3) is 0 Å². The number of aliphatic hydroxyl groups is 1. The van der Waals surface area contributed by atoms with Crippen molar-refractivity contribution < 1.29 is 9.90 Å². The maximum absolute atomic E-state index is 12.1. The molecule has 0 aromatic heterocycles. The number of nitrogens with zero attached hydrogens (tertiary/aromatic N) is 1. The maximum atomic E-state index is 12.1. The quantitative estimate of drug-likeness (QED) is 0.792. The smallest absolute Gasteiger partial charge is 0.225 e. The zero-order chi connectivity index (χ0) is 11.8. The molecule has 2 rings (SSSR count). The molecule has 0 bridgehead atoms. The molecule has 0 radical (unpaired) electrons. The summed E-state index contributed by atoms with van der Waals surface area (Å²) >= 11 is 0. The summed E-state index contributed by atoms with van der Waals surface area (Å²) in [6.07, 6.45) is 5.07. The van der Waals surface area contributed by atoms with E-state index in [4.69, 9.17) is 0 Å². The average molecular weight is 225 g/mol. The Bertz CT molecular complexity index is 275. The van der Waals surface area contributed by atoms with Gasteiger partial charge in [-0.3, -0.25) is 4.79 Å². The summed E-state index contributed by atoms with van der Waals surface area (Å²) in [6, 6.07) is 0. The summed E-state index contributed by atoms with van der Waals surface area (Å²) in [5.41, 5.74) is -0.554. The fourth-order valence-electron chi connectivity index (χ4n) is 2.83. The van der Waals surface area contributed by atoms with E-state index in [1.807, 2.05) is 11.8 Å². The minimum atomic E-state index is -0.554. The van der Waals surface area contributed by atoms with Crippen molar-refractivity contribution in [3.63, 3.8) is 0 Å². The average Bonchev–Trinajstić information content (AvgIpc) is 3.03. The van der Waals surface area contributed by atoms with Crippen molar-refractivity contribution in [1.29, 1.82) is 0 Å². The number of rotatable bonds is 4. The van der Waals surface area contributed by atoms with Crippen LogP contribution >= 0.6 is 0 Å². The number of carbonyl (C=O) groups excluding carboxylic acids is 1. The molecule has 0 spiro atoms. The molecular formula is C13H23NO2. The second-order valence-electron chi connectivity index (χ2n) is 5.58. The molecule has 0 aromatic rings. The van der Waals surface area contributed by atoms with Gasteiger partial charge in [-0.15, -0.1) is 0 Å². The second-order valence-corrected chi connectivity index (χ2v) is 5.58. The van der Waals surface area contributed by atoms with Crippen molar-refractivity contribution in [2.75, 3.05) is 13.1 Å². The van der Waals surface area contributed by atoms with Crippen molar-refractivity contribution in [3.8, 4) is 0 Å². The molecule has 1 heterocycles. The van der Waals surface area contributed by atoms with Gasteiger partial charge in [-0.2, -0.15) is 0 Å². The van der Waals surface area contributed by atoms with E-state index in [9.17, 15) is 9.90 Å². The van der Waals surface area contributed by atoms with Gasteiger partial charge in [-0.05, 0) is 31.6 Å². The molecule has 16 heavy (non-hydrogen) atoms. The normalized spacial score (nSPS) is 31.8. The number of carbonyl (C=O) groups is 1. The number of β-amino-alcohol motifs (C(OH)–C–C–N with tert-alkyl or cyclic N) is 1. The second kappa shape index (κ2) is 4.36. The molecule has 2 fully saturated rings. The zero-order valence-corrected chi connectivity index (χ0v) is 10.4. The van der Waals surface area contributed by atoms with Crippen LogP contribution in [0, 0.1) is 11.8 Å². The molecule has 92 valence electrons. The number of amides is 1. The lowest BCUT2D eigenvalue weighted by Gasteiger charge is -2.24. The molecule has 1 amide bonds. The maximum Gasteiger partial charge on any atom is 0.225 e. The van der Waals surface area contributed by atoms with Crippen molar-refractivity contribution in [1.82, 2.24) is 4.90 Å². The van der Waals surface area contributed by atoms with Crippen LogP contribution in [0.15, 0.2) is 0 Å². The highest BCUT2D eigenvalue weighted by Gasteiger charge is 2.49. The van der Waals surface area contributed by atoms with Gasteiger partial charge in [-0.25, -0.2) is 0 Å². The number of hydrogen-bond donors (Lipinski definition) is 1. The van der Waals surface area contributed by atoms with Crippen LogP contribution in [0.5, 0.6) is 0 Å². The van der Waals surface area contributed by atoms with E-state index in [0.717, 1.165) is 38.6 Å². The zero-order valence-electron chi connectivity index (χ0n) is 10.4. The monoisotopic (exact) mass is 225 g/mol. The summed E-state index contributed by atoms with van der Waals surface area (Å²) in [4.78, 5) is 14.0. The minimum Gasteiger partial charge on any atom is -0.388 e. The van der Waals surface area contributed by atoms with Gasteiger partial charge >= 0.3 is 0 Å². The van der Waals surface area contributed by atoms with Gasteiger partial charge < -0.3 is 10.0 Å². The summed E-state index contributed by atoms with van der Waals surface area (Å²) < 4.78 is 0. The first-order valence-corrected chi connectivity index (χ1v) is 6.58. The minimum absolute atomic E-state index is 0.117. The lowest BCUT2D eigenvalue weighted by molar-refractivity contribution is -0.135. The van der Waals surface area contributed by atoms with Crippen molar-refractivity contribution in [3.05, 3.63) is 0 Å². The molecule has 3 heteroatoms. The third kappa shape index (κ3) is 2.24. The fourth-order valence-corrected chi connectivity index (χ4v) is 2.83. The molecule has 1 N–H and O–H groups in total. The van der Waals surface area contributed by atoms with Gasteiger partial charge in [0.25, 0.3) is 0 Å². The van der Waals surface area contributed by atoms with Crippen LogP contribution in [-0.2, 0) is 4.79 Å². The van der Waals surface area contributed by atoms with E-state index in [1.54, 1.807) is 0 Å². The Balaban J connectivity index is 1.90. The Hall–Kier alpha value is -0.570. The van der Waals surface area contributed by atoms with Crippen LogP contribution < -0.4 is 0 Å². The van der Waals surface area contributed by atoms with Crippen molar-refractivity contribution >= 4 is 5.91 Å². The summed E-state index contributed by atoms with van der Waals surface area (Å²) in [5, 5.41) is 10.4. The standard InChI is InChI=1S/C13H23NO2/c1-3-4-10(2)12(15)14-8-7-13(16,9-14)11-5-6-11/h10-11,16H,3-9H2,1-2H3. The Morgan fingerprint density at radius 2 is 2.25 bits per heavy atom.